The third-order valence-corrected chi connectivity index (χ3v) is 4.14. The number of halogens is 2. The summed E-state index contributed by atoms with van der Waals surface area (Å²) in [6.07, 6.45) is 4.58. The molecule has 1 fully saturated rings. The lowest BCUT2D eigenvalue weighted by molar-refractivity contribution is 0.359. The van der Waals surface area contributed by atoms with Crippen molar-refractivity contribution in [3.63, 3.8) is 0 Å². The van der Waals surface area contributed by atoms with Crippen molar-refractivity contribution in [3.8, 4) is 0 Å². The third kappa shape index (κ3) is 2.46. The second kappa shape index (κ2) is 4.84. The highest BCUT2D eigenvalue weighted by Crippen LogP contribution is 2.28. The van der Waals surface area contributed by atoms with Gasteiger partial charge in [-0.3, -0.25) is 0 Å². The summed E-state index contributed by atoms with van der Waals surface area (Å²) in [6, 6.07) is 5.32. The fraction of sp³-hybridized carbons (Fsp3) is 0.538. The molecular formula is C13H17BrFN. The van der Waals surface area contributed by atoms with E-state index in [2.05, 4.69) is 28.2 Å². The molecule has 3 heteroatoms. The maximum absolute atomic E-state index is 13.1. The van der Waals surface area contributed by atoms with Gasteiger partial charge in [-0.25, -0.2) is 4.39 Å². The predicted molar refractivity (Wildman–Crippen MR) is 68.1 cm³/mol. The molecule has 1 unspecified atom stereocenters. The van der Waals surface area contributed by atoms with E-state index < -0.39 is 0 Å². The van der Waals surface area contributed by atoms with Crippen LogP contribution in [0.5, 0.6) is 0 Å². The van der Waals surface area contributed by atoms with E-state index in [9.17, 15) is 4.39 Å². The first-order valence-electron chi connectivity index (χ1n) is 5.84. The molecule has 1 heterocycles. The normalized spacial score (nSPS) is 24.9. The van der Waals surface area contributed by atoms with Crippen molar-refractivity contribution in [2.24, 2.45) is 0 Å². The van der Waals surface area contributed by atoms with Crippen LogP contribution in [0, 0.1) is 5.82 Å². The van der Waals surface area contributed by atoms with Crippen LogP contribution in [0.4, 0.5) is 4.39 Å². The molecule has 0 bridgehead atoms. The second-order valence-corrected chi connectivity index (χ2v) is 5.44. The van der Waals surface area contributed by atoms with Crippen molar-refractivity contribution in [2.75, 3.05) is 6.54 Å². The first-order valence-corrected chi connectivity index (χ1v) is 6.63. The lowest BCUT2D eigenvalue weighted by Crippen LogP contribution is -2.41. The molecule has 0 amide bonds. The summed E-state index contributed by atoms with van der Waals surface area (Å²) in [4.78, 5) is 0. The molecule has 0 radical (unpaired) electrons. The number of hydrogen-bond acceptors (Lipinski definition) is 1. The number of benzene rings is 1. The van der Waals surface area contributed by atoms with Crippen LogP contribution < -0.4 is 5.32 Å². The van der Waals surface area contributed by atoms with Crippen LogP contribution in [0.1, 0.15) is 31.7 Å². The lowest BCUT2D eigenvalue weighted by atomic mass is 9.87. The first-order chi connectivity index (χ1) is 7.65. The van der Waals surface area contributed by atoms with E-state index in [-0.39, 0.29) is 11.4 Å². The van der Waals surface area contributed by atoms with Crippen LogP contribution in [-0.4, -0.2) is 12.1 Å². The van der Waals surface area contributed by atoms with Gasteiger partial charge < -0.3 is 5.32 Å². The Morgan fingerprint density at radius 2 is 2.31 bits per heavy atom. The summed E-state index contributed by atoms with van der Waals surface area (Å²) in [7, 11) is 0. The minimum Gasteiger partial charge on any atom is -0.311 e. The van der Waals surface area contributed by atoms with Crippen LogP contribution >= 0.6 is 15.9 Å². The van der Waals surface area contributed by atoms with Crippen LogP contribution in [0.3, 0.4) is 0 Å². The number of rotatable bonds is 3. The summed E-state index contributed by atoms with van der Waals surface area (Å²) in [6.45, 7) is 3.33. The Hall–Kier alpha value is -0.410. The minimum atomic E-state index is -0.186. The van der Waals surface area contributed by atoms with Gasteiger partial charge >= 0.3 is 0 Å². The summed E-state index contributed by atoms with van der Waals surface area (Å²) in [5, 5.41) is 3.59. The molecule has 88 valence electrons. The van der Waals surface area contributed by atoms with Crippen molar-refractivity contribution in [3.05, 3.63) is 34.1 Å². The Morgan fingerprint density at radius 3 is 2.88 bits per heavy atom. The van der Waals surface area contributed by atoms with Crippen LogP contribution in [-0.2, 0) is 6.42 Å². The Morgan fingerprint density at radius 1 is 1.50 bits per heavy atom. The molecule has 0 saturated carbocycles. The predicted octanol–water partition coefficient (Wildman–Crippen LogP) is 3.66. The Labute approximate surface area is 105 Å². The van der Waals surface area contributed by atoms with Crippen molar-refractivity contribution in [1.82, 2.24) is 5.32 Å². The summed E-state index contributed by atoms with van der Waals surface area (Å²) < 4.78 is 13.7. The molecular weight excluding hydrogens is 269 g/mol. The Bertz CT molecular complexity index is 372. The van der Waals surface area contributed by atoms with Gasteiger partial charge in [0.1, 0.15) is 5.82 Å². The van der Waals surface area contributed by atoms with E-state index in [4.69, 9.17) is 0 Å². The summed E-state index contributed by atoms with van der Waals surface area (Å²) in [5.41, 5.74) is 1.43. The van der Waals surface area contributed by atoms with Gasteiger partial charge in [-0.1, -0.05) is 13.0 Å². The Kier molecular flexibility index (Phi) is 3.65. The molecule has 1 nitrogen and oxygen atoms in total. The van der Waals surface area contributed by atoms with Gasteiger partial charge in [-0.2, -0.15) is 0 Å². The minimum absolute atomic E-state index is 0.186. The molecule has 1 aliphatic heterocycles. The molecule has 2 rings (SSSR count). The van der Waals surface area contributed by atoms with Gasteiger partial charge in [-0.05, 0) is 65.9 Å². The standard InChI is InChI=1S/C13H17BrFN/c1-2-13(6-3-7-16-13)9-10-4-5-12(15)11(14)8-10/h4-5,8,16H,2-3,6-7,9H2,1H3. The fourth-order valence-electron chi connectivity index (χ4n) is 2.49. The quantitative estimate of drug-likeness (QED) is 0.894. The highest BCUT2D eigenvalue weighted by molar-refractivity contribution is 9.10. The van der Waals surface area contributed by atoms with Gasteiger partial charge in [0.15, 0.2) is 0 Å². The van der Waals surface area contributed by atoms with Gasteiger partial charge in [0.25, 0.3) is 0 Å². The molecule has 1 N–H and O–H groups in total. The van der Waals surface area contributed by atoms with Gasteiger partial charge in [0.2, 0.25) is 0 Å². The van der Waals surface area contributed by atoms with Crippen LogP contribution in [0.2, 0.25) is 0 Å². The first kappa shape index (κ1) is 12.1. The molecule has 0 aromatic heterocycles. The number of hydrogen-bond donors (Lipinski definition) is 1. The smallest absolute Gasteiger partial charge is 0.137 e. The van der Waals surface area contributed by atoms with Crippen molar-refractivity contribution in [2.45, 2.75) is 38.1 Å². The van der Waals surface area contributed by atoms with E-state index in [1.165, 1.54) is 24.5 Å². The van der Waals surface area contributed by atoms with Crippen molar-refractivity contribution in [1.29, 1.82) is 0 Å². The molecule has 1 aliphatic rings. The monoisotopic (exact) mass is 285 g/mol. The molecule has 16 heavy (non-hydrogen) atoms. The van der Waals surface area contributed by atoms with Crippen molar-refractivity contribution < 1.29 is 4.39 Å². The number of nitrogens with one attached hydrogen (secondary N) is 1. The van der Waals surface area contributed by atoms with Crippen molar-refractivity contribution >= 4 is 15.9 Å². The zero-order valence-electron chi connectivity index (χ0n) is 9.52. The largest absolute Gasteiger partial charge is 0.311 e. The van der Waals surface area contributed by atoms with Crippen LogP contribution in [0.15, 0.2) is 22.7 Å². The molecule has 0 aliphatic carbocycles. The highest BCUT2D eigenvalue weighted by Gasteiger charge is 2.31. The molecule has 1 aromatic carbocycles. The van der Waals surface area contributed by atoms with Crippen LogP contribution in [0.25, 0.3) is 0 Å². The molecule has 1 saturated heterocycles. The lowest BCUT2D eigenvalue weighted by Gasteiger charge is -2.28. The average Bonchev–Trinajstić information content (AvgIpc) is 2.73. The molecule has 1 aromatic rings. The van der Waals surface area contributed by atoms with Gasteiger partial charge in [-0.15, -0.1) is 0 Å². The van der Waals surface area contributed by atoms with E-state index in [0.29, 0.717) is 4.47 Å². The molecule has 1 atom stereocenters. The fourth-order valence-corrected chi connectivity index (χ4v) is 2.91. The highest BCUT2D eigenvalue weighted by atomic mass is 79.9. The third-order valence-electron chi connectivity index (χ3n) is 3.54. The topological polar surface area (TPSA) is 12.0 Å². The zero-order chi connectivity index (χ0) is 11.6. The summed E-state index contributed by atoms with van der Waals surface area (Å²) in [5.74, 6) is -0.186. The van der Waals surface area contributed by atoms with E-state index in [0.717, 1.165) is 19.4 Å². The molecule has 0 spiro atoms. The Balaban J connectivity index is 2.16. The van der Waals surface area contributed by atoms with E-state index in [1.807, 2.05) is 12.1 Å². The van der Waals surface area contributed by atoms with E-state index in [1.54, 1.807) is 0 Å². The zero-order valence-corrected chi connectivity index (χ0v) is 11.1. The maximum atomic E-state index is 13.1. The van der Waals surface area contributed by atoms with Gasteiger partial charge in [0, 0.05) is 5.54 Å². The maximum Gasteiger partial charge on any atom is 0.137 e. The van der Waals surface area contributed by atoms with Gasteiger partial charge in [0.05, 0.1) is 4.47 Å². The second-order valence-electron chi connectivity index (χ2n) is 4.59. The summed E-state index contributed by atoms with van der Waals surface area (Å²) >= 11 is 3.24. The SMILES string of the molecule is CCC1(Cc2ccc(F)c(Br)c2)CCCN1. The van der Waals surface area contributed by atoms with E-state index >= 15 is 0 Å². The average molecular weight is 286 g/mol.